The van der Waals surface area contributed by atoms with Crippen LogP contribution in [0, 0.1) is 11.8 Å². The van der Waals surface area contributed by atoms with E-state index < -0.39 is 17.8 Å². The maximum Gasteiger partial charge on any atom is 0.311 e. The van der Waals surface area contributed by atoms with Crippen LogP contribution < -0.4 is 5.32 Å². The van der Waals surface area contributed by atoms with Crippen molar-refractivity contribution in [1.29, 1.82) is 0 Å². The van der Waals surface area contributed by atoms with E-state index in [0.717, 1.165) is 5.56 Å². The Hall–Kier alpha value is -1.59. The number of hydrogen-bond acceptors (Lipinski definition) is 5. The third kappa shape index (κ3) is 4.15. The zero-order chi connectivity index (χ0) is 18.6. The van der Waals surface area contributed by atoms with Crippen LogP contribution in [-0.4, -0.2) is 37.2 Å². The fraction of sp³-hybridized carbons (Fsp3) is 0.579. The standard InChI is InChI=1S/C19H26ClNO4/c1-5-24-18(22)15-11(3)21-12(4)16(19(23)25-6-2)17(15)13-9-7-8-10-14(13)20/h7-12,15-17,21H,5-6H2,1-4H3/t11-,12+,15+,16-,17?. The van der Waals surface area contributed by atoms with Gasteiger partial charge in [0.2, 0.25) is 0 Å². The number of carbonyl (C=O) groups is 2. The molecular formula is C19H26ClNO4. The van der Waals surface area contributed by atoms with Crippen molar-refractivity contribution in [2.45, 2.75) is 45.7 Å². The Kier molecular flexibility index (Phi) is 6.85. The van der Waals surface area contributed by atoms with Crippen molar-refractivity contribution in [2.75, 3.05) is 13.2 Å². The molecule has 1 saturated heterocycles. The van der Waals surface area contributed by atoms with Crippen molar-refractivity contribution in [1.82, 2.24) is 5.32 Å². The van der Waals surface area contributed by atoms with E-state index in [1.807, 2.05) is 32.0 Å². The number of rotatable bonds is 5. The second-order valence-corrected chi connectivity index (χ2v) is 6.75. The van der Waals surface area contributed by atoms with Gasteiger partial charge in [-0.3, -0.25) is 9.59 Å². The summed E-state index contributed by atoms with van der Waals surface area (Å²) >= 11 is 6.42. The molecule has 0 amide bonds. The second kappa shape index (κ2) is 8.68. The summed E-state index contributed by atoms with van der Waals surface area (Å²) in [6, 6.07) is 7.04. The Bertz CT molecular complexity index is 591. The van der Waals surface area contributed by atoms with Gasteiger partial charge in [0.05, 0.1) is 25.0 Å². The molecule has 138 valence electrons. The number of ether oxygens (including phenoxy) is 2. The summed E-state index contributed by atoms with van der Waals surface area (Å²) in [5, 5.41) is 3.87. The van der Waals surface area contributed by atoms with Crippen LogP contribution in [0.1, 0.15) is 39.2 Å². The lowest BCUT2D eigenvalue weighted by Crippen LogP contribution is -2.58. The molecule has 0 bridgehead atoms. The summed E-state index contributed by atoms with van der Waals surface area (Å²) < 4.78 is 10.6. The first-order valence-electron chi connectivity index (χ1n) is 8.76. The van der Waals surface area contributed by atoms with Gasteiger partial charge in [0, 0.05) is 23.0 Å². The molecular weight excluding hydrogens is 342 g/mol. The number of carbonyl (C=O) groups excluding carboxylic acids is 2. The number of halogens is 1. The Balaban J connectivity index is 2.54. The zero-order valence-corrected chi connectivity index (χ0v) is 15.9. The van der Waals surface area contributed by atoms with Crippen molar-refractivity contribution in [2.24, 2.45) is 11.8 Å². The summed E-state index contributed by atoms with van der Waals surface area (Å²) in [6.45, 7) is 7.99. The van der Waals surface area contributed by atoms with Gasteiger partial charge in [-0.05, 0) is 39.3 Å². The Morgan fingerprint density at radius 2 is 1.48 bits per heavy atom. The molecule has 2 rings (SSSR count). The third-order valence-electron chi connectivity index (χ3n) is 4.76. The highest BCUT2D eigenvalue weighted by Crippen LogP contribution is 2.43. The van der Waals surface area contributed by atoms with E-state index in [1.54, 1.807) is 19.9 Å². The van der Waals surface area contributed by atoms with E-state index in [4.69, 9.17) is 21.1 Å². The molecule has 1 unspecified atom stereocenters. The zero-order valence-electron chi connectivity index (χ0n) is 15.1. The van der Waals surface area contributed by atoms with Crippen molar-refractivity contribution in [3.63, 3.8) is 0 Å². The van der Waals surface area contributed by atoms with Gasteiger partial charge in [0.1, 0.15) is 0 Å². The van der Waals surface area contributed by atoms with Gasteiger partial charge < -0.3 is 14.8 Å². The van der Waals surface area contributed by atoms with Crippen molar-refractivity contribution in [3.8, 4) is 0 Å². The SMILES string of the molecule is CCOC(=O)[C@@H]1C(c2ccccc2Cl)[C@H](C(=O)OCC)[C@H](C)N[C@@H]1C. The van der Waals surface area contributed by atoms with Crippen LogP contribution in [0.4, 0.5) is 0 Å². The predicted molar refractivity (Wildman–Crippen MR) is 96.5 cm³/mol. The van der Waals surface area contributed by atoms with Gasteiger partial charge in [-0.15, -0.1) is 0 Å². The number of benzene rings is 1. The van der Waals surface area contributed by atoms with Crippen molar-refractivity contribution in [3.05, 3.63) is 34.9 Å². The molecule has 1 aromatic carbocycles. The minimum absolute atomic E-state index is 0.152. The predicted octanol–water partition coefficient (Wildman–Crippen LogP) is 3.16. The van der Waals surface area contributed by atoms with Gasteiger partial charge >= 0.3 is 11.9 Å². The number of hydrogen-bond donors (Lipinski definition) is 1. The summed E-state index contributed by atoms with van der Waals surface area (Å²) in [6.07, 6.45) is 0. The highest BCUT2D eigenvalue weighted by molar-refractivity contribution is 6.31. The van der Waals surface area contributed by atoms with Crippen LogP contribution in [-0.2, 0) is 19.1 Å². The van der Waals surface area contributed by atoms with Crippen molar-refractivity contribution >= 4 is 23.5 Å². The summed E-state index contributed by atoms with van der Waals surface area (Å²) in [7, 11) is 0. The van der Waals surface area contributed by atoms with E-state index in [2.05, 4.69) is 5.32 Å². The molecule has 25 heavy (non-hydrogen) atoms. The van der Waals surface area contributed by atoms with Gasteiger partial charge in [-0.2, -0.15) is 0 Å². The van der Waals surface area contributed by atoms with E-state index in [9.17, 15) is 9.59 Å². The van der Waals surface area contributed by atoms with Crippen molar-refractivity contribution < 1.29 is 19.1 Å². The van der Waals surface area contributed by atoms with Crippen LogP contribution >= 0.6 is 11.6 Å². The van der Waals surface area contributed by atoms with Gasteiger partial charge in [0.25, 0.3) is 0 Å². The monoisotopic (exact) mass is 367 g/mol. The second-order valence-electron chi connectivity index (χ2n) is 6.35. The minimum Gasteiger partial charge on any atom is -0.466 e. The highest BCUT2D eigenvalue weighted by Gasteiger charge is 2.50. The first-order valence-corrected chi connectivity index (χ1v) is 9.13. The molecule has 0 radical (unpaired) electrons. The lowest BCUT2D eigenvalue weighted by Gasteiger charge is -2.44. The quantitative estimate of drug-likeness (QED) is 0.810. The van der Waals surface area contributed by atoms with Gasteiger partial charge in [-0.1, -0.05) is 29.8 Å². The number of esters is 2. The molecule has 0 spiro atoms. The lowest BCUT2D eigenvalue weighted by molar-refractivity contribution is -0.158. The van der Waals surface area contributed by atoms with E-state index in [1.165, 1.54) is 0 Å². The molecule has 1 aliphatic heterocycles. The molecule has 0 saturated carbocycles. The molecule has 6 heteroatoms. The summed E-state index contributed by atoms with van der Waals surface area (Å²) in [5.41, 5.74) is 0.778. The molecule has 1 aliphatic rings. The summed E-state index contributed by atoms with van der Waals surface area (Å²) in [4.78, 5) is 25.4. The molecule has 5 atom stereocenters. The third-order valence-corrected chi connectivity index (χ3v) is 5.10. The van der Waals surface area contributed by atoms with E-state index >= 15 is 0 Å². The van der Waals surface area contributed by atoms with Crippen LogP contribution in [0.15, 0.2) is 24.3 Å². The van der Waals surface area contributed by atoms with E-state index in [0.29, 0.717) is 5.02 Å². The van der Waals surface area contributed by atoms with Crippen LogP contribution in [0.2, 0.25) is 5.02 Å². The maximum atomic E-state index is 12.7. The Morgan fingerprint density at radius 3 is 1.92 bits per heavy atom. The maximum absolute atomic E-state index is 12.7. The van der Waals surface area contributed by atoms with Crippen LogP contribution in [0.5, 0.6) is 0 Å². The molecule has 1 heterocycles. The van der Waals surface area contributed by atoms with Gasteiger partial charge in [0.15, 0.2) is 0 Å². The molecule has 1 N–H and O–H groups in total. The normalized spacial score (nSPS) is 29.1. The first kappa shape index (κ1) is 19.7. The average Bonchev–Trinajstić information content (AvgIpc) is 2.54. The molecule has 5 nitrogen and oxygen atoms in total. The average molecular weight is 368 g/mol. The lowest BCUT2D eigenvalue weighted by atomic mass is 9.68. The molecule has 0 aliphatic carbocycles. The molecule has 0 aromatic heterocycles. The number of piperidine rings is 1. The fourth-order valence-corrected chi connectivity index (χ4v) is 4.04. The Labute approximate surface area is 154 Å². The highest BCUT2D eigenvalue weighted by atomic mass is 35.5. The largest absolute Gasteiger partial charge is 0.466 e. The number of nitrogens with one attached hydrogen (secondary N) is 1. The van der Waals surface area contributed by atoms with E-state index in [-0.39, 0.29) is 37.2 Å². The van der Waals surface area contributed by atoms with Crippen LogP contribution in [0.25, 0.3) is 0 Å². The topological polar surface area (TPSA) is 64.6 Å². The smallest absolute Gasteiger partial charge is 0.311 e. The Morgan fingerprint density at radius 1 is 1.00 bits per heavy atom. The van der Waals surface area contributed by atoms with Crippen LogP contribution in [0.3, 0.4) is 0 Å². The first-order chi connectivity index (χ1) is 11.9. The molecule has 1 aromatic rings. The molecule has 1 fully saturated rings. The fourth-order valence-electron chi connectivity index (χ4n) is 3.78. The summed E-state index contributed by atoms with van der Waals surface area (Å²) in [5.74, 6) is -2.10. The van der Waals surface area contributed by atoms with Gasteiger partial charge in [-0.25, -0.2) is 0 Å². The minimum atomic E-state index is -0.523.